The summed E-state index contributed by atoms with van der Waals surface area (Å²) in [7, 11) is 1.61. The molecule has 2 aromatic carbocycles. The van der Waals surface area contributed by atoms with Crippen LogP contribution in [0.5, 0.6) is 0 Å². The Balaban J connectivity index is 1.21. The zero-order valence-electron chi connectivity index (χ0n) is 24.9. The Bertz CT molecular complexity index is 1790. The van der Waals surface area contributed by atoms with Crippen molar-refractivity contribution in [3.63, 3.8) is 0 Å². The summed E-state index contributed by atoms with van der Waals surface area (Å²) in [6.45, 7) is 5.42. The van der Waals surface area contributed by atoms with Crippen molar-refractivity contribution in [3.05, 3.63) is 107 Å². The fourth-order valence-electron chi connectivity index (χ4n) is 5.83. The number of nitrogens with one attached hydrogen (secondary N) is 3. The summed E-state index contributed by atoms with van der Waals surface area (Å²) in [5.41, 5.74) is 3.68. The molecule has 1 fully saturated rings. The molecule has 0 radical (unpaired) electrons. The second-order valence-corrected chi connectivity index (χ2v) is 11.7. The first kappa shape index (κ1) is 30.3. The zero-order chi connectivity index (χ0) is 31.8. The monoisotopic (exact) mass is 628 g/mol. The molecule has 2 atom stereocenters. The van der Waals surface area contributed by atoms with Crippen molar-refractivity contribution >= 4 is 51.4 Å². The number of amides is 1. The highest BCUT2D eigenvalue weighted by Crippen LogP contribution is 2.41. The van der Waals surface area contributed by atoms with Crippen molar-refractivity contribution in [1.29, 1.82) is 5.41 Å². The van der Waals surface area contributed by atoms with E-state index in [-0.39, 0.29) is 46.2 Å². The van der Waals surface area contributed by atoms with E-state index in [2.05, 4.69) is 34.5 Å². The Morgan fingerprint density at radius 1 is 1.07 bits per heavy atom. The third-order valence-electron chi connectivity index (χ3n) is 7.91. The lowest BCUT2D eigenvalue weighted by Crippen LogP contribution is -2.58. The number of benzene rings is 2. The van der Waals surface area contributed by atoms with E-state index in [1.165, 1.54) is 29.2 Å². The molecular weight excluding hydrogens is 598 g/mol. The van der Waals surface area contributed by atoms with Crippen LogP contribution >= 0.6 is 11.6 Å². The second kappa shape index (κ2) is 12.3. The number of piperazine rings is 1. The summed E-state index contributed by atoms with van der Waals surface area (Å²) < 4.78 is 29.7. The van der Waals surface area contributed by atoms with Crippen molar-refractivity contribution in [2.24, 2.45) is 4.99 Å². The highest BCUT2D eigenvalue weighted by molar-refractivity contribution is 6.69. The van der Waals surface area contributed by atoms with Gasteiger partial charge in [-0.15, -0.1) is 0 Å². The molecule has 3 N–H and O–H groups in total. The van der Waals surface area contributed by atoms with E-state index in [1.807, 2.05) is 11.0 Å². The van der Waals surface area contributed by atoms with Crippen LogP contribution in [0.1, 0.15) is 41.0 Å². The highest BCUT2D eigenvalue weighted by Gasteiger charge is 2.29. The van der Waals surface area contributed by atoms with Gasteiger partial charge in [-0.1, -0.05) is 23.7 Å². The quantitative estimate of drug-likeness (QED) is 0.251. The summed E-state index contributed by atoms with van der Waals surface area (Å²) in [6, 6.07) is 11.0. The maximum absolute atomic E-state index is 14.8. The minimum atomic E-state index is -0.707. The van der Waals surface area contributed by atoms with E-state index < -0.39 is 11.6 Å². The first-order valence-corrected chi connectivity index (χ1v) is 14.9. The van der Waals surface area contributed by atoms with Crippen LogP contribution in [0.15, 0.2) is 77.6 Å². The standard InChI is InChI=1S/C33H31ClF2N8O/c1-18-16-44(17-19(2)40-18)32(37)43(3)31(45)20-7-10-22(11-8-20)41-33-39-14-21-9-12-23-24(29-26(35)5-4-6-27(29)36)13-28(34)38-15-25(23)30(21)42-33/h4-8,10-15,18-19,37,40H,9,16-17H2,1-3H3,(H,39,41,42). The van der Waals surface area contributed by atoms with Crippen LogP contribution in [0.25, 0.3) is 11.1 Å². The molecule has 2 unspecified atom stereocenters. The maximum Gasteiger partial charge on any atom is 0.260 e. The molecule has 12 heteroatoms. The van der Waals surface area contributed by atoms with Gasteiger partial charge in [0.25, 0.3) is 5.91 Å². The Kier molecular flexibility index (Phi) is 8.30. The molecule has 230 valence electrons. The average Bonchev–Trinajstić information content (AvgIpc) is 3.18. The molecule has 0 spiro atoms. The van der Waals surface area contributed by atoms with Crippen LogP contribution in [0, 0.1) is 17.0 Å². The molecule has 3 aliphatic rings. The SMILES string of the molecule is CC1CN(C(=N)N(C)C(=O)c2ccc(Nc3ncc4c(n3)C3=CN=C(Cl)C=C(c5c(F)cccc5F)C3=CC4)cc2)CC(C)N1. The minimum Gasteiger partial charge on any atom is -0.340 e. The van der Waals surface area contributed by atoms with Crippen LogP contribution in [0.2, 0.25) is 0 Å². The smallest absolute Gasteiger partial charge is 0.260 e. The number of rotatable bonds is 4. The molecule has 1 amide bonds. The van der Waals surface area contributed by atoms with Gasteiger partial charge in [0, 0.05) is 67.0 Å². The van der Waals surface area contributed by atoms with Gasteiger partial charge in [0.05, 0.1) is 11.3 Å². The summed E-state index contributed by atoms with van der Waals surface area (Å²) in [6.07, 6.45) is 7.00. The van der Waals surface area contributed by atoms with Gasteiger partial charge in [0.2, 0.25) is 11.9 Å². The molecule has 1 saturated heterocycles. The van der Waals surface area contributed by atoms with Crippen LogP contribution in [0.4, 0.5) is 20.4 Å². The minimum absolute atomic E-state index is 0.0804. The Labute approximate surface area is 264 Å². The molecule has 2 aliphatic heterocycles. The van der Waals surface area contributed by atoms with Gasteiger partial charge in [-0.2, -0.15) is 0 Å². The Hall–Kier alpha value is -4.74. The maximum atomic E-state index is 14.8. The normalized spacial score (nSPS) is 19.2. The Morgan fingerprint density at radius 2 is 1.76 bits per heavy atom. The molecular formula is C33H31ClF2N8O. The predicted octanol–water partition coefficient (Wildman–Crippen LogP) is 5.75. The van der Waals surface area contributed by atoms with Crippen LogP contribution in [-0.2, 0) is 6.42 Å². The third-order valence-corrected chi connectivity index (χ3v) is 8.11. The lowest BCUT2D eigenvalue weighted by Gasteiger charge is -2.39. The first-order chi connectivity index (χ1) is 21.6. The van der Waals surface area contributed by atoms with Gasteiger partial charge in [0.15, 0.2) is 0 Å². The second-order valence-electron chi connectivity index (χ2n) is 11.3. The van der Waals surface area contributed by atoms with Crippen molar-refractivity contribution in [1.82, 2.24) is 25.1 Å². The number of aliphatic imine (C=N–C) groups is 1. The highest BCUT2D eigenvalue weighted by atomic mass is 35.5. The number of fused-ring (bicyclic) bond motifs is 3. The molecule has 3 aromatic rings. The number of anilines is 2. The fourth-order valence-corrected chi connectivity index (χ4v) is 5.99. The summed E-state index contributed by atoms with van der Waals surface area (Å²) in [5, 5.41) is 15.3. The average molecular weight is 629 g/mol. The van der Waals surface area contributed by atoms with E-state index >= 15 is 0 Å². The molecule has 45 heavy (non-hydrogen) atoms. The van der Waals surface area contributed by atoms with Gasteiger partial charge in [-0.25, -0.2) is 23.7 Å². The third kappa shape index (κ3) is 6.13. The molecule has 6 rings (SSSR count). The van der Waals surface area contributed by atoms with E-state index in [0.717, 1.165) is 5.56 Å². The summed E-state index contributed by atoms with van der Waals surface area (Å²) in [5.74, 6) is -1.25. The van der Waals surface area contributed by atoms with Crippen LogP contribution in [0.3, 0.4) is 0 Å². The number of allylic oxidation sites excluding steroid dienone is 5. The Morgan fingerprint density at radius 3 is 2.44 bits per heavy atom. The number of halogens is 3. The van der Waals surface area contributed by atoms with E-state index in [1.54, 1.807) is 43.7 Å². The van der Waals surface area contributed by atoms with Crippen LogP contribution < -0.4 is 10.6 Å². The van der Waals surface area contributed by atoms with E-state index in [9.17, 15) is 13.6 Å². The van der Waals surface area contributed by atoms with E-state index in [0.29, 0.717) is 47.6 Å². The van der Waals surface area contributed by atoms with Crippen molar-refractivity contribution in [2.75, 3.05) is 25.5 Å². The number of guanidine groups is 1. The molecule has 3 heterocycles. The number of nitrogens with zero attached hydrogens (tertiary/aromatic N) is 5. The van der Waals surface area contributed by atoms with Crippen molar-refractivity contribution < 1.29 is 13.6 Å². The van der Waals surface area contributed by atoms with Gasteiger partial charge in [-0.05, 0) is 73.9 Å². The first-order valence-electron chi connectivity index (χ1n) is 14.5. The van der Waals surface area contributed by atoms with E-state index in [4.69, 9.17) is 22.0 Å². The van der Waals surface area contributed by atoms with Crippen molar-refractivity contribution in [2.45, 2.75) is 32.4 Å². The number of hydrogen-bond acceptors (Lipinski definition) is 7. The van der Waals surface area contributed by atoms with Crippen LogP contribution in [-0.4, -0.2) is 69.0 Å². The van der Waals surface area contributed by atoms with Gasteiger partial charge >= 0.3 is 0 Å². The predicted molar refractivity (Wildman–Crippen MR) is 173 cm³/mol. The van der Waals surface area contributed by atoms with Gasteiger partial charge in [-0.3, -0.25) is 15.1 Å². The lowest BCUT2D eigenvalue weighted by molar-refractivity contribution is 0.0848. The van der Waals surface area contributed by atoms with Crippen molar-refractivity contribution in [3.8, 4) is 0 Å². The molecule has 9 nitrogen and oxygen atoms in total. The topological polar surface area (TPSA) is 110 Å². The summed E-state index contributed by atoms with van der Waals surface area (Å²) in [4.78, 5) is 29.9. The molecule has 0 bridgehead atoms. The van der Waals surface area contributed by atoms with Gasteiger partial charge in [0.1, 0.15) is 16.8 Å². The van der Waals surface area contributed by atoms with Gasteiger partial charge < -0.3 is 15.5 Å². The summed E-state index contributed by atoms with van der Waals surface area (Å²) >= 11 is 6.29. The molecule has 1 aliphatic carbocycles. The zero-order valence-corrected chi connectivity index (χ0v) is 25.7. The lowest BCUT2D eigenvalue weighted by atomic mass is 9.84. The number of carbonyl (C=O) groups excluding carboxylic acids is 1. The number of carbonyl (C=O) groups is 1. The largest absolute Gasteiger partial charge is 0.340 e. The molecule has 1 aromatic heterocycles. The fraction of sp³-hybridized carbons (Fsp3) is 0.242. The molecule has 0 saturated carbocycles. The number of hydrogen-bond donors (Lipinski definition) is 3. The number of aromatic nitrogens is 2.